The highest BCUT2D eigenvalue weighted by Gasteiger charge is 2.33. The molecule has 2 amide bonds. The first kappa shape index (κ1) is 32.0. The first-order valence-corrected chi connectivity index (χ1v) is 17.3. The number of hydrogen-bond acceptors (Lipinski definition) is 6. The predicted molar refractivity (Wildman–Crippen MR) is 178 cm³/mol. The van der Waals surface area contributed by atoms with Crippen molar-refractivity contribution in [1.29, 1.82) is 0 Å². The Kier molecular flexibility index (Phi) is 10.4. The van der Waals surface area contributed by atoms with Gasteiger partial charge in [0.05, 0.1) is 19.1 Å². The van der Waals surface area contributed by atoms with Crippen LogP contribution >= 0.6 is 0 Å². The van der Waals surface area contributed by atoms with Gasteiger partial charge in [0.2, 0.25) is 5.91 Å². The second kappa shape index (κ2) is 14.7. The number of amides is 2. The average molecular weight is 617 g/mol. The molecule has 2 N–H and O–H groups in total. The van der Waals surface area contributed by atoms with Crippen LogP contribution < -0.4 is 15.5 Å². The van der Waals surface area contributed by atoms with Gasteiger partial charge in [-0.2, -0.15) is 0 Å². The summed E-state index contributed by atoms with van der Waals surface area (Å²) in [5, 5.41) is 6.24. The topological polar surface area (TPSA) is 83.1 Å². The number of carbonyl (C=O) groups is 2. The van der Waals surface area contributed by atoms with Gasteiger partial charge < -0.3 is 25.0 Å². The van der Waals surface area contributed by atoms with E-state index in [1.165, 1.54) is 24.8 Å². The van der Waals surface area contributed by atoms with E-state index in [-0.39, 0.29) is 29.7 Å². The number of carbonyl (C=O) groups excluding carboxylic acids is 2. The fourth-order valence-electron chi connectivity index (χ4n) is 7.60. The fraction of sp³-hybridized carbons (Fsp3) is 0.622. The van der Waals surface area contributed by atoms with Gasteiger partial charge in [-0.05, 0) is 92.2 Å². The zero-order valence-corrected chi connectivity index (χ0v) is 27.5. The van der Waals surface area contributed by atoms with Crippen LogP contribution in [-0.4, -0.2) is 81.4 Å². The lowest BCUT2D eigenvalue weighted by Crippen LogP contribution is -2.50. The van der Waals surface area contributed by atoms with Gasteiger partial charge in [-0.3, -0.25) is 14.5 Å². The Labute approximate surface area is 269 Å². The lowest BCUT2D eigenvalue weighted by atomic mass is 9.84. The number of nitrogens with one attached hydrogen (secondary N) is 2. The molecule has 0 aromatic heterocycles. The van der Waals surface area contributed by atoms with E-state index < -0.39 is 0 Å². The Morgan fingerprint density at radius 1 is 0.978 bits per heavy atom. The number of hydrogen-bond donors (Lipinski definition) is 2. The first-order chi connectivity index (χ1) is 21.9. The third kappa shape index (κ3) is 7.72. The molecule has 0 radical (unpaired) electrons. The SMILES string of the molecule is Cc1c(C(=O)NCC2C(=O)NC(C)CC2C)cc(-c2ccc(CN3CCOCC3)cc2)cc1N(CC1CCC1)C1CCOCC1. The molecule has 8 heteroatoms. The standard InChI is InChI=1S/C37H52N4O4/c1-25-19-26(2)39-37(43)34(25)22-38-36(42)33-20-31(30-9-7-29(8-10-30)23-40-13-17-45-18-14-40)21-35(27(33)3)41(24-28-5-4-6-28)32-11-15-44-16-12-32/h7-10,20-21,25-26,28,32,34H,4-6,11-19,22-24H2,1-3H3,(H,38,42)(H,39,43). The van der Waals surface area contributed by atoms with Gasteiger partial charge >= 0.3 is 0 Å². The molecule has 3 atom stereocenters. The second-order valence-corrected chi connectivity index (χ2v) is 14.0. The maximum Gasteiger partial charge on any atom is 0.251 e. The van der Waals surface area contributed by atoms with E-state index in [1.54, 1.807) is 0 Å². The van der Waals surface area contributed by atoms with Gasteiger partial charge in [0.1, 0.15) is 0 Å². The molecule has 3 aliphatic heterocycles. The number of morpholine rings is 1. The van der Waals surface area contributed by atoms with Crippen molar-refractivity contribution >= 4 is 17.5 Å². The molecule has 3 unspecified atom stereocenters. The molecule has 6 rings (SSSR count). The third-order valence-electron chi connectivity index (χ3n) is 10.7. The molecule has 4 fully saturated rings. The highest BCUT2D eigenvalue weighted by molar-refractivity contribution is 5.99. The smallest absolute Gasteiger partial charge is 0.251 e. The predicted octanol–water partition coefficient (Wildman–Crippen LogP) is 5.17. The minimum absolute atomic E-state index is 0.0380. The summed E-state index contributed by atoms with van der Waals surface area (Å²) in [6, 6.07) is 13.8. The molecule has 8 nitrogen and oxygen atoms in total. The van der Waals surface area contributed by atoms with Crippen LogP contribution in [-0.2, 0) is 20.8 Å². The summed E-state index contributed by atoms with van der Waals surface area (Å²) in [5.41, 5.74) is 6.33. The van der Waals surface area contributed by atoms with Crippen molar-refractivity contribution in [2.24, 2.45) is 17.8 Å². The Morgan fingerprint density at radius 3 is 2.36 bits per heavy atom. The maximum absolute atomic E-state index is 14.0. The molecule has 4 aliphatic rings. The second-order valence-electron chi connectivity index (χ2n) is 14.0. The first-order valence-electron chi connectivity index (χ1n) is 17.3. The van der Waals surface area contributed by atoms with Crippen LogP contribution in [0.4, 0.5) is 5.69 Å². The van der Waals surface area contributed by atoms with Crippen LogP contribution in [0.15, 0.2) is 36.4 Å². The minimum atomic E-state index is -0.218. The van der Waals surface area contributed by atoms with Crippen molar-refractivity contribution in [3.63, 3.8) is 0 Å². The van der Waals surface area contributed by atoms with E-state index in [0.717, 1.165) is 94.2 Å². The zero-order chi connectivity index (χ0) is 31.3. The number of ether oxygens (including phenoxy) is 2. The van der Waals surface area contributed by atoms with E-state index in [0.29, 0.717) is 24.1 Å². The Hall–Kier alpha value is -2.94. The normalized spacial score (nSPS) is 25.0. The molecular formula is C37H52N4O4. The lowest BCUT2D eigenvalue weighted by molar-refractivity contribution is -0.129. The van der Waals surface area contributed by atoms with E-state index in [2.05, 4.69) is 70.7 Å². The van der Waals surface area contributed by atoms with Gasteiger partial charge in [0, 0.05) is 69.3 Å². The number of benzene rings is 2. The molecule has 244 valence electrons. The summed E-state index contributed by atoms with van der Waals surface area (Å²) in [5.74, 6) is 0.634. The Balaban J connectivity index is 1.30. The van der Waals surface area contributed by atoms with Crippen LogP contribution in [0.25, 0.3) is 11.1 Å². The van der Waals surface area contributed by atoms with Crippen molar-refractivity contribution < 1.29 is 19.1 Å². The van der Waals surface area contributed by atoms with Gasteiger partial charge in [-0.1, -0.05) is 37.6 Å². The van der Waals surface area contributed by atoms with E-state index in [9.17, 15) is 9.59 Å². The van der Waals surface area contributed by atoms with E-state index in [4.69, 9.17) is 9.47 Å². The lowest BCUT2D eigenvalue weighted by Gasteiger charge is -2.41. The highest BCUT2D eigenvalue weighted by Crippen LogP contribution is 2.37. The van der Waals surface area contributed by atoms with Crippen molar-refractivity contribution in [2.45, 2.75) is 77.9 Å². The molecule has 1 aliphatic carbocycles. The molecule has 0 bridgehead atoms. The monoisotopic (exact) mass is 616 g/mol. The quantitative estimate of drug-likeness (QED) is 0.384. The van der Waals surface area contributed by atoms with Crippen molar-refractivity contribution in [3.8, 4) is 11.1 Å². The number of rotatable bonds is 10. The summed E-state index contributed by atoms with van der Waals surface area (Å²) in [6.45, 7) is 13.6. The average Bonchev–Trinajstić information content (AvgIpc) is 3.02. The van der Waals surface area contributed by atoms with E-state index >= 15 is 0 Å². The number of anilines is 1. The van der Waals surface area contributed by atoms with Crippen LogP contribution in [0.2, 0.25) is 0 Å². The highest BCUT2D eigenvalue weighted by atomic mass is 16.5. The molecule has 45 heavy (non-hydrogen) atoms. The van der Waals surface area contributed by atoms with Crippen LogP contribution in [0.1, 0.15) is 73.9 Å². The Morgan fingerprint density at radius 2 is 1.69 bits per heavy atom. The van der Waals surface area contributed by atoms with Crippen molar-refractivity contribution in [2.75, 3.05) is 57.5 Å². The van der Waals surface area contributed by atoms with Gasteiger partial charge in [-0.15, -0.1) is 0 Å². The van der Waals surface area contributed by atoms with Gasteiger partial charge in [0.25, 0.3) is 5.91 Å². The summed E-state index contributed by atoms with van der Waals surface area (Å²) < 4.78 is 11.3. The van der Waals surface area contributed by atoms with Crippen LogP contribution in [0.5, 0.6) is 0 Å². The molecule has 3 heterocycles. The molecule has 2 aromatic rings. The zero-order valence-electron chi connectivity index (χ0n) is 27.5. The molecule has 3 saturated heterocycles. The molecule has 1 saturated carbocycles. The van der Waals surface area contributed by atoms with Crippen molar-refractivity contribution in [1.82, 2.24) is 15.5 Å². The largest absolute Gasteiger partial charge is 0.381 e. The van der Waals surface area contributed by atoms with E-state index in [1.807, 2.05) is 6.92 Å². The molecule has 2 aromatic carbocycles. The summed E-state index contributed by atoms with van der Waals surface area (Å²) >= 11 is 0. The van der Waals surface area contributed by atoms with Crippen molar-refractivity contribution in [3.05, 3.63) is 53.1 Å². The summed E-state index contributed by atoms with van der Waals surface area (Å²) in [4.78, 5) is 31.8. The molecule has 0 spiro atoms. The van der Waals surface area contributed by atoms with Gasteiger partial charge in [-0.25, -0.2) is 0 Å². The van der Waals surface area contributed by atoms with Gasteiger partial charge in [0.15, 0.2) is 0 Å². The summed E-state index contributed by atoms with van der Waals surface area (Å²) in [7, 11) is 0. The number of nitrogens with zero attached hydrogens (tertiary/aromatic N) is 2. The molecular weight excluding hydrogens is 564 g/mol. The fourth-order valence-corrected chi connectivity index (χ4v) is 7.60. The maximum atomic E-state index is 14.0. The minimum Gasteiger partial charge on any atom is -0.381 e. The summed E-state index contributed by atoms with van der Waals surface area (Å²) in [6.07, 6.45) is 6.78. The Bertz CT molecular complexity index is 1310. The van der Waals surface area contributed by atoms with Crippen LogP contribution in [0, 0.1) is 24.7 Å². The number of piperidine rings is 1. The van der Waals surface area contributed by atoms with Crippen LogP contribution in [0.3, 0.4) is 0 Å². The third-order valence-corrected chi connectivity index (χ3v) is 10.7.